The molecule has 3 aromatic carbocycles. The van der Waals surface area contributed by atoms with Crippen LogP contribution in [-0.4, -0.2) is 4.98 Å². The zero-order valence-corrected chi connectivity index (χ0v) is 17.7. The monoisotopic (exact) mass is 483 g/mol. The van der Waals surface area contributed by atoms with E-state index < -0.39 is 0 Å². The van der Waals surface area contributed by atoms with Crippen LogP contribution in [-0.2, 0) is 7.05 Å². The largest absolute Gasteiger partial charge is 1.00 e. The standard InChI is InChI=1S/C23H18FN3.HI/c1-14-13-15(24)11-12-18(14)25-21-17-8-4-6-10-20(17)27(2)23-16-7-3-5-9-19(16)26-22(21)23;/h3-13H,1-2H3,(H,25,26);1H. The number of aromatic nitrogens is 2. The number of aromatic amines is 1. The van der Waals surface area contributed by atoms with Gasteiger partial charge in [-0.1, -0.05) is 24.3 Å². The van der Waals surface area contributed by atoms with E-state index in [4.69, 9.17) is 0 Å². The molecule has 0 atom stereocenters. The van der Waals surface area contributed by atoms with Gasteiger partial charge in [-0.05, 0) is 48.9 Å². The van der Waals surface area contributed by atoms with Crippen molar-refractivity contribution in [1.82, 2.24) is 4.98 Å². The van der Waals surface area contributed by atoms with Crippen LogP contribution in [0.1, 0.15) is 5.56 Å². The predicted molar refractivity (Wildman–Crippen MR) is 109 cm³/mol. The molecule has 0 saturated carbocycles. The van der Waals surface area contributed by atoms with Gasteiger partial charge in [0.1, 0.15) is 18.4 Å². The normalized spacial score (nSPS) is 11.1. The topological polar surface area (TPSA) is 31.7 Å². The Morgan fingerprint density at radius 1 is 0.929 bits per heavy atom. The first-order chi connectivity index (χ1) is 13.1. The van der Waals surface area contributed by atoms with Crippen LogP contribution in [0.5, 0.6) is 0 Å². The summed E-state index contributed by atoms with van der Waals surface area (Å²) in [4.78, 5) is 3.57. The number of nitrogens with one attached hydrogen (secondary N) is 2. The Bertz CT molecular complexity index is 1340. The summed E-state index contributed by atoms with van der Waals surface area (Å²) in [5.41, 5.74) is 7.19. The second kappa shape index (κ2) is 7.05. The van der Waals surface area contributed by atoms with Crippen molar-refractivity contribution in [2.24, 2.45) is 7.05 Å². The molecule has 2 aromatic heterocycles. The summed E-state index contributed by atoms with van der Waals surface area (Å²) < 4.78 is 15.8. The van der Waals surface area contributed by atoms with Gasteiger partial charge in [0.05, 0.1) is 22.0 Å². The zero-order valence-electron chi connectivity index (χ0n) is 15.6. The summed E-state index contributed by atoms with van der Waals surface area (Å²) in [6.07, 6.45) is 0. The van der Waals surface area contributed by atoms with Gasteiger partial charge in [-0.15, -0.1) is 0 Å². The SMILES string of the molecule is Cc1cc(F)ccc1Nc1c2ccccc2[n+](C)c2c1[nH]c1ccccc12.[I-]. The fourth-order valence-electron chi connectivity index (χ4n) is 3.92. The van der Waals surface area contributed by atoms with E-state index in [1.807, 2.05) is 19.1 Å². The fourth-order valence-corrected chi connectivity index (χ4v) is 3.92. The number of fused-ring (bicyclic) bond motifs is 4. The van der Waals surface area contributed by atoms with Crippen molar-refractivity contribution in [3.63, 3.8) is 0 Å². The average molecular weight is 483 g/mol. The van der Waals surface area contributed by atoms with Crippen LogP contribution in [0, 0.1) is 12.7 Å². The van der Waals surface area contributed by atoms with E-state index in [2.05, 4.69) is 58.3 Å². The average Bonchev–Trinajstić information content (AvgIpc) is 3.06. The minimum Gasteiger partial charge on any atom is -1.00 e. The second-order valence-electron chi connectivity index (χ2n) is 6.93. The zero-order chi connectivity index (χ0) is 18.5. The molecule has 2 N–H and O–H groups in total. The molecule has 5 heteroatoms. The Balaban J connectivity index is 0.00000192. The van der Waals surface area contributed by atoms with Gasteiger partial charge in [0.2, 0.25) is 11.0 Å². The van der Waals surface area contributed by atoms with Crippen molar-refractivity contribution in [3.05, 3.63) is 78.1 Å². The van der Waals surface area contributed by atoms with Crippen LogP contribution >= 0.6 is 0 Å². The van der Waals surface area contributed by atoms with Gasteiger partial charge >= 0.3 is 0 Å². The number of nitrogens with zero attached hydrogens (tertiary/aromatic N) is 1. The molecule has 2 heterocycles. The molecule has 0 unspecified atom stereocenters. The maximum Gasteiger partial charge on any atom is 0.240 e. The molecule has 0 spiro atoms. The highest BCUT2D eigenvalue weighted by molar-refractivity contribution is 6.13. The lowest BCUT2D eigenvalue weighted by atomic mass is 10.1. The number of hydrogen-bond acceptors (Lipinski definition) is 1. The van der Waals surface area contributed by atoms with Gasteiger partial charge in [0.25, 0.3) is 0 Å². The van der Waals surface area contributed by atoms with Crippen molar-refractivity contribution < 1.29 is 32.9 Å². The van der Waals surface area contributed by atoms with Crippen LogP contribution in [0.15, 0.2) is 66.7 Å². The van der Waals surface area contributed by atoms with Crippen molar-refractivity contribution in [2.45, 2.75) is 6.92 Å². The first-order valence-corrected chi connectivity index (χ1v) is 8.98. The molecule has 28 heavy (non-hydrogen) atoms. The minimum atomic E-state index is -0.224. The fraction of sp³-hybridized carbons (Fsp3) is 0.0870. The van der Waals surface area contributed by atoms with Crippen LogP contribution < -0.4 is 33.9 Å². The summed E-state index contributed by atoms with van der Waals surface area (Å²) in [6.45, 7) is 1.92. The smallest absolute Gasteiger partial charge is 0.240 e. The Kier molecular flexibility index (Phi) is 4.71. The molecule has 0 aliphatic heterocycles. The summed E-state index contributed by atoms with van der Waals surface area (Å²) in [5, 5.41) is 5.86. The van der Waals surface area contributed by atoms with E-state index in [1.165, 1.54) is 11.5 Å². The Morgan fingerprint density at radius 3 is 2.43 bits per heavy atom. The molecule has 0 aliphatic rings. The van der Waals surface area contributed by atoms with Crippen molar-refractivity contribution >= 4 is 44.2 Å². The molecule has 0 fully saturated rings. The lowest BCUT2D eigenvalue weighted by Crippen LogP contribution is -3.00. The number of H-pyrrole nitrogens is 1. The van der Waals surface area contributed by atoms with Gasteiger partial charge in [0, 0.05) is 11.8 Å². The summed E-state index contributed by atoms with van der Waals surface area (Å²) in [7, 11) is 2.10. The van der Waals surface area contributed by atoms with E-state index in [0.717, 1.165) is 44.4 Å². The van der Waals surface area contributed by atoms with Gasteiger partial charge in [-0.3, -0.25) is 0 Å². The quantitative estimate of drug-likeness (QED) is 0.294. The third kappa shape index (κ3) is 2.81. The molecule has 3 nitrogen and oxygen atoms in total. The summed E-state index contributed by atoms with van der Waals surface area (Å²) in [5.74, 6) is -0.224. The maximum absolute atomic E-state index is 13.5. The van der Waals surface area contributed by atoms with Gasteiger partial charge in [-0.2, -0.15) is 4.57 Å². The van der Waals surface area contributed by atoms with Gasteiger partial charge in [0.15, 0.2) is 0 Å². The third-order valence-electron chi connectivity index (χ3n) is 5.25. The molecule has 140 valence electrons. The minimum absolute atomic E-state index is 0. The highest BCUT2D eigenvalue weighted by Crippen LogP contribution is 2.35. The van der Waals surface area contributed by atoms with Crippen molar-refractivity contribution in [3.8, 4) is 0 Å². The molecule has 0 aliphatic carbocycles. The highest BCUT2D eigenvalue weighted by atomic mass is 127. The van der Waals surface area contributed by atoms with E-state index in [-0.39, 0.29) is 29.8 Å². The summed E-state index contributed by atoms with van der Waals surface area (Å²) in [6, 6.07) is 21.5. The van der Waals surface area contributed by atoms with Gasteiger partial charge in [-0.25, -0.2) is 4.39 Å². The van der Waals surface area contributed by atoms with E-state index in [1.54, 1.807) is 12.1 Å². The Hall–Kier alpha value is -2.67. The van der Waals surface area contributed by atoms with Crippen molar-refractivity contribution in [2.75, 3.05) is 5.32 Å². The first-order valence-electron chi connectivity index (χ1n) is 8.98. The molecule has 0 radical (unpaired) electrons. The molecule has 0 bridgehead atoms. The lowest BCUT2D eigenvalue weighted by molar-refractivity contribution is -0.616. The number of benzene rings is 3. The van der Waals surface area contributed by atoms with E-state index in [9.17, 15) is 4.39 Å². The molecular formula is C23H19FIN3. The van der Waals surface area contributed by atoms with E-state index in [0.29, 0.717) is 0 Å². The molecular weight excluding hydrogens is 464 g/mol. The first kappa shape index (κ1) is 18.7. The van der Waals surface area contributed by atoms with Crippen LogP contribution in [0.4, 0.5) is 15.8 Å². The highest BCUT2D eigenvalue weighted by Gasteiger charge is 2.22. The maximum atomic E-state index is 13.5. The van der Waals surface area contributed by atoms with Crippen LogP contribution in [0.2, 0.25) is 0 Å². The number of halogens is 2. The predicted octanol–water partition coefficient (Wildman–Crippen LogP) is 2.49. The molecule has 5 aromatic rings. The lowest BCUT2D eigenvalue weighted by Gasteiger charge is -2.13. The molecule has 5 rings (SSSR count). The van der Waals surface area contributed by atoms with E-state index >= 15 is 0 Å². The van der Waals surface area contributed by atoms with Gasteiger partial charge < -0.3 is 34.3 Å². The number of rotatable bonds is 2. The van der Waals surface area contributed by atoms with Crippen molar-refractivity contribution in [1.29, 1.82) is 0 Å². The number of aryl methyl sites for hydroxylation is 2. The number of anilines is 2. The number of para-hydroxylation sites is 2. The third-order valence-corrected chi connectivity index (χ3v) is 5.25. The second-order valence-corrected chi connectivity index (χ2v) is 6.93. The van der Waals surface area contributed by atoms with Crippen LogP contribution in [0.3, 0.4) is 0 Å². The number of hydrogen-bond donors (Lipinski definition) is 2. The Morgan fingerprint density at radius 2 is 1.64 bits per heavy atom. The Labute approximate surface area is 179 Å². The molecule has 0 amide bonds. The number of pyridine rings is 1. The van der Waals surface area contributed by atoms with Crippen LogP contribution in [0.25, 0.3) is 32.8 Å². The molecule has 0 saturated heterocycles. The summed E-state index contributed by atoms with van der Waals surface area (Å²) >= 11 is 0.